The van der Waals surface area contributed by atoms with Gasteiger partial charge in [0.05, 0.1) is 18.4 Å². The molecular formula is C16H19FN4O2. The number of nitrogens with zero attached hydrogens (tertiary/aromatic N) is 2. The largest absolute Gasteiger partial charge is 0.484 e. The van der Waals surface area contributed by atoms with Crippen molar-refractivity contribution in [1.82, 2.24) is 15.3 Å². The zero-order valence-electron chi connectivity index (χ0n) is 13.0. The van der Waals surface area contributed by atoms with Gasteiger partial charge >= 0.3 is 0 Å². The molecule has 0 aliphatic heterocycles. The van der Waals surface area contributed by atoms with Crippen LogP contribution < -0.4 is 15.4 Å². The van der Waals surface area contributed by atoms with Crippen molar-refractivity contribution in [2.45, 2.75) is 19.9 Å². The zero-order chi connectivity index (χ0) is 16.7. The van der Waals surface area contributed by atoms with Gasteiger partial charge < -0.3 is 15.4 Å². The molecule has 2 aromatic rings. The molecule has 122 valence electrons. The van der Waals surface area contributed by atoms with Gasteiger partial charge in [-0.2, -0.15) is 0 Å². The number of carbonyl (C=O) groups is 1. The van der Waals surface area contributed by atoms with E-state index in [-0.39, 0.29) is 18.6 Å². The van der Waals surface area contributed by atoms with Crippen LogP contribution in [-0.2, 0) is 4.79 Å². The first-order valence-corrected chi connectivity index (χ1v) is 7.32. The van der Waals surface area contributed by atoms with E-state index in [1.54, 1.807) is 6.07 Å². The summed E-state index contributed by atoms with van der Waals surface area (Å²) in [5.74, 6) is 0.294. The average Bonchev–Trinajstić information content (AvgIpc) is 2.55. The van der Waals surface area contributed by atoms with Crippen LogP contribution in [0.1, 0.15) is 25.5 Å². The number of rotatable bonds is 7. The Balaban J connectivity index is 1.97. The molecule has 1 aromatic carbocycles. The summed E-state index contributed by atoms with van der Waals surface area (Å²) in [7, 11) is 0. The number of aromatic nitrogens is 2. The third-order valence-electron chi connectivity index (χ3n) is 3.07. The van der Waals surface area contributed by atoms with Gasteiger partial charge in [-0.05, 0) is 31.5 Å². The molecule has 0 aliphatic rings. The molecular weight excluding hydrogens is 299 g/mol. The molecule has 1 atom stereocenters. The number of carbonyl (C=O) groups excluding carboxylic acids is 1. The monoisotopic (exact) mass is 318 g/mol. The van der Waals surface area contributed by atoms with E-state index in [0.717, 1.165) is 18.0 Å². The SMILES string of the molecule is CCNC(=O)COc1cccc(C(C)Nc2ncc(F)cn2)c1. The summed E-state index contributed by atoms with van der Waals surface area (Å²) in [6.07, 6.45) is 2.21. The van der Waals surface area contributed by atoms with Crippen LogP contribution in [0.5, 0.6) is 5.75 Å². The molecule has 2 rings (SSSR count). The van der Waals surface area contributed by atoms with Gasteiger partial charge in [0.15, 0.2) is 12.4 Å². The van der Waals surface area contributed by atoms with Gasteiger partial charge in [0.2, 0.25) is 5.95 Å². The van der Waals surface area contributed by atoms with Crippen LogP contribution in [0.15, 0.2) is 36.7 Å². The van der Waals surface area contributed by atoms with Crippen LogP contribution in [-0.4, -0.2) is 29.0 Å². The first-order chi connectivity index (χ1) is 11.1. The number of amides is 1. The van der Waals surface area contributed by atoms with Gasteiger partial charge in [-0.25, -0.2) is 14.4 Å². The molecule has 0 spiro atoms. The summed E-state index contributed by atoms with van der Waals surface area (Å²) in [5.41, 5.74) is 0.936. The minimum atomic E-state index is -0.482. The van der Waals surface area contributed by atoms with Crippen LogP contribution in [0.25, 0.3) is 0 Å². The topological polar surface area (TPSA) is 76.1 Å². The predicted molar refractivity (Wildman–Crippen MR) is 84.6 cm³/mol. The van der Waals surface area contributed by atoms with Gasteiger partial charge in [-0.1, -0.05) is 12.1 Å². The lowest BCUT2D eigenvalue weighted by atomic mass is 10.1. The van der Waals surface area contributed by atoms with Gasteiger partial charge in [0.25, 0.3) is 5.91 Å². The normalized spacial score (nSPS) is 11.6. The molecule has 0 saturated heterocycles. The maximum Gasteiger partial charge on any atom is 0.257 e. The predicted octanol–water partition coefficient (Wildman–Crippen LogP) is 2.30. The molecule has 2 N–H and O–H groups in total. The number of halogens is 1. The van der Waals surface area contributed by atoms with Crippen molar-refractivity contribution in [2.24, 2.45) is 0 Å². The Morgan fingerprint density at radius 3 is 2.78 bits per heavy atom. The fourth-order valence-electron chi connectivity index (χ4n) is 1.93. The minimum absolute atomic E-state index is 0.0276. The molecule has 0 bridgehead atoms. The van der Waals surface area contributed by atoms with E-state index in [2.05, 4.69) is 20.6 Å². The number of likely N-dealkylation sites (N-methyl/N-ethyl adjacent to an activating group) is 1. The summed E-state index contributed by atoms with van der Waals surface area (Å²) < 4.78 is 18.3. The first-order valence-electron chi connectivity index (χ1n) is 7.32. The number of anilines is 1. The molecule has 1 aromatic heterocycles. The summed E-state index contributed by atoms with van der Waals surface area (Å²) in [5, 5.41) is 5.74. The Labute approximate surface area is 134 Å². The molecule has 0 radical (unpaired) electrons. The second kappa shape index (κ2) is 8.07. The maximum absolute atomic E-state index is 12.8. The van der Waals surface area contributed by atoms with Crippen LogP contribution in [0.3, 0.4) is 0 Å². The Morgan fingerprint density at radius 2 is 2.09 bits per heavy atom. The molecule has 6 nitrogen and oxygen atoms in total. The lowest BCUT2D eigenvalue weighted by Gasteiger charge is -2.15. The summed E-state index contributed by atoms with van der Waals surface area (Å²) >= 11 is 0. The average molecular weight is 318 g/mol. The highest BCUT2D eigenvalue weighted by molar-refractivity contribution is 5.77. The fraction of sp³-hybridized carbons (Fsp3) is 0.312. The summed E-state index contributed by atoms with van der Waals surface area (Å²) in [6, 6.07) is 7.27. The lowest BCUT2D eigenvalue weighted by molar-refractivity contribution is -0.122. The third-order valence-corrected chi connectivity index (χ3v) is 3.07. The van der Waals surface area contributed by atoms with E-state index in [1.165, 1.54) is 0 Å². The number of hydrogen-bond donors (Lipinski definition) is 2. The number of benzene rings is 1. The van der Waals surface area contributed by atoms with Crippen LogP contribution >= 0.6 is 0 Å². The van der Waals surface area contributed by atoms with Gasteiger partial charge in [-0.3, -0.25) is 4.79 Å². The Hall–Kier alpha value is -2.70. The molecule has 0 fully saturated rings. The molecule has 0 saturated carbocycles. The zero-order valence-corrected chi connectivity index (χ0v) is 13.0. The Bertz CT molecular complexity index is 649. The lowest BCUT2D eigenvalue weighted by Crippen LogP contribution is -2.28. The summed E-state index contributed by atoms with van der Waals surface area (Å²) in [6.45, 7) is 4.32. The van der Waals surface area contributed by atoms with Crippen LogP contribution in [0.4, 0.5) is 10.3 Å². The second-order valence-corrected chi connectivity index (χ2v) is 4.91. The van der Waals surface area contributed by atoms with Crippen LogP contribution in [0.2, 0.25) is 0 Å². The van der Waals surface area contributed by atoms with E-state index < -0.39 is 5.82 Å². The van der Waals surface area contributed by atoms with Crippen LogP contribution in [0, 0.1) is 5.82 Å². The van der Waals surface area contributed by atoms with Crippen molar-refractivity contribution >= 4 is 11.9 Å². The Morgan fingerprint density at radius 1 is 1.35 bits per heavy atom. The van der Waals surface area contributed by atoms with E-state index in [9.17, 15) is 9.18 Å². The highest BCUT2D eigenvalue weighted by Gasteiger charge is 2.09. The Kier molecular flexibility index (Phi) is 5.85. The molecule has 1 unspecified atom stereocenters. The van der Waals surface area contributed by atoms with Crippen molar-refractivity contribution in [3.05, 3.63) is 48.0 Å². The van der Waals surface area contributed by atoms with E-state index in [0.29, 0.717) is 18.2 Å². The highest BCUT2D eigenvalue weighted by Crippen LogP contribution is 2.21. The number of ether oxygens (including phenoxy) is 1. The second-order valence-electron chi connectivity index (χ2n) is 4.91. The van der Waals surface area contributed by atoms with Gasteiger partial charge in [0, 0.05) is 6.54 Å². The van der Waals surface area contributed by atoms with Gasteiger partial charge in [0.1, 0.15) is 5.75 Å². The van der Waals surface area contributed by atoms with Gasteiger partial charge in [-0.15, -0.1) is 0 Å². The van der Waals surface area contributed by atoms with E-state index >= 15 is 0 Å². The van der Waals surface area contributed by atoms with E-state index in [1.807, 2.05) is 32.0 Å². The molecule has 23 heavy (non-hydrogen) atoms. The molecule has 7 heteroatoms. The number of hydrogen-bond acceptors (Lipinski definition) is 5. The van der Waals surface area contributed by atoms with Crippen molar-refractivity contribution in [3.63, 3.8) is 0 Å². The molecule has 1 heterocycles. The standard InChI is InChI=1S/C16H19FN4O2/c1-3-18-15(22)10-23-14-6-4-5-12(7-14)11(2)21-16-19-8-13(17)9-20-16/h4-9,11H,3,10H2,1-2H3,(H,18,22)(H,19,20,21). The minimum Gasteiger partial charge on any atom is -0.484 e. The molecule has 1 amide bonds. The summed E-state index contributed by atoms with van der Waals surface area (Å²) in [4.78, 5) is 19.1. The van der Waals surface area contributed by atoms with E-state index in [4.69, 9.17) is 4.74 Å². The van der Waals surface area contributed by atoms with Crippen molar-refractivity contribution < 1.29 is 13.9 Å². The smallest absolute Gasteiger partial charge is 0.257 e. The first kappa shape index (κ1) is 16.7. The fourth-order valence-corrected chi connectivity index (χ4v) is 1.93. The quantitative estimate of drug-likeness (QED) is 0.819. The van der Waals surface area contributed by atoms with Crippen molar-refractivity contribution in [1.29, 1.82) is 0 Å². The number of nitrogens with one attached hydrogen (secondary N) is 2. The highest BCUT2D eigenvalue weighted by atomic mass is 19.1. The maximum atomic E-state index is 12.8. The third kappa shape index (κ3) is 5.21. The van der Waals surface area contributed by atoms with Crippen molar-refractivity contribution in [3.8, 4) is 5.75 Å². The van der Waals surface area contributed by atoms with Crippen molar-refractivity contribution in [2.75, 3.05) is 18.5 Å². The molecule has 0 aliphatic carbocycles.